The van der Waals surface area contributed by atoms with E-state index in [1.54, 1.807) is 6.20 Å². The summed E-state index contributed by atoms with van der Waals surface area (Å²) in [5.41, 5.74) is 3.45. The van der Waals surface area contributed by atoms with Gasteiger partial charge in [0.05, 0.1) is 11.4 Å². The van der Waals surface area contributed by atoms with E-state index in [4.69, 9.17) is 0 Å². The molecule has 0 aliphatic carbocycles. The number of hydrogen-bond acceptors (Lipinski definition) is 4. The molecule has 156 valence electrons. The van der Waals surface area contributed by atoms with Gasteiger partial charge in [0.1, 0.15) is 0 Å². The third-order valence-corrected chi connectivity index (χ3v) is 6.13. The Kier molecular flexibility index (Phi) is 7.75. The van der Waals surface area contributed by atoms with Crippen LogP contribution in [0, 0.1) is 13.8 Å². The molecule has 2 heterocycles. The molecule has 1 saturated heterocycles. The summed E-state index contributed by atoms with van der Waals surface area (Å²) in [6.45, 7) is 6.31. The molecule has 1 aliphatic heterocycles. The second-order valence-corrected chi connectivity index (χ2v) is 8.50. The van der Waals surface area contributed by atoms with Crippen molar-refractivity contribution in [1.29, 1.82) is 0 Å². The van der Waals surface area contributed by atoms with Gasteiger partial charge in [0.25, 0.3) is 0 Å². The molecule has 29 heavy (non-hydrogen) atoms. The van der Waals surface area contributed by atoms with Crippen LogP contribution in [0.2, 0.25) is 0 Å². The highest BCUT2D eigenvalue weighted by Crippen LogP contribution is 2.23. The molecule has 7 heteroatoms. The monoisotopic (exact) mass is 414 g/mol. The summed E-state index contributed by atoms with van der Waals surface area (Å²) >= 11 is 1.44. The van der Waals surface area contributed by atoms with Gasteiger partial charge in [-0.05, 0) is 50.3 Å². The number of hydrogen-bond donors (Lipinski definition) is 1. The van der Waals surface area contributed by atoms with Gasteiger partial charge in [0.15, 0.2) is 5.16 Å². The van der Waals surface area contributed by atoms with Crippen LogP contribution in [0.4, 0.5) is 0 Å². The first-order valence-electron chi connectivity index (χ1n) is 10.3. The quantitative estimate of drug-likeness (QED) is 0.530. The first kappa shape index (κ1) is 21.4. The van der Waals surface area contributed by atoms with Crippen LogP contribution in [0.3, 0.4) is 0 Å². The van der Waals surface area contributed by atoms with Gasteiger partial charge < -0.3 is 10.2 Å². The summed E-state index contributed by atoms with van der Waals surface area (Å²) in [7, 11) is 0. The highest BCUT2D eigenvalue weighted by molar-refractivity contribution is 7.99. The lowest BCUT2D eigenvalue weighted by Gasteiger charge is -2.20. The van der Waals surface area contributed by atoms with Gasteiger partial charge in [-0.15, -0.1) is 0 Å². The fourth-order valence-corrected chi connectivity index (χ4v) is 4.31. The predicted octanol–water partition coefficient (Wildman–Crippen LogP) is 3.49. The van der Waals surface area contributed by atoms with Crippen molar-refractivity contribution in [3.8, 4) is 5.69 Å². The third-order valence-electron chi connectivity index (χ3n) is 5.16. The summed E-state index contributed by atoms with van der Waals surface area (Å²) in [6, 6.07) is 6.32. The van der Waals surface area contributed by atoms with E-state index in [9.17, 15) is 9.59 Å². The molecule has 1 aliphatic rings. The molecule has 1 aromatic carbocycles. The first-order valence-corrected chi connectivity index (χ1v) is 11.3. The molecule has 1 aromatic heterocycles. The smallest absolute Gasteiger partial charge is 0.230 e. The maximum Gasteiger partial charge on any atom is 0.230 e. The Morgan fingerprint density at radius 2 is 2.10 bits per heavy atom. The van der Waals surface area contributed by atoms with Crippen molar-refractivity contribution in [2.75, 3.05) is 25.4 Å². The molecule has 0 radical (unpaired) electrons. The van der Waals surface area contributed by atoms with Crippen LogP contribution in [0.15, 0.2) is 35.7 Å². The fraction of sp³-hybridized carbons (Fsp3) is 0.500. The average molecular weight is 415 g/mol. The number of aromatic nitrogens is 2. The zero-order valence-corrected chi connectivity index (χ0v) is 18.1. The van der Waals surface area contributed by atoms with Gasteiger partial charge in [-0.3, -0.25) is 14.2 Å². The topological polar surface area (TPSA) is 67.2 Å². The second kappa shape index (κ2) is 10.5. The number of imidazole rings is 1. The lowest BCUT2D eigenvalue weighted by atomic mass is 10.1. The minimum absolute atomic E-state index is 0.00675. The van der Waals surface area contributed by atoms with E-state index in [1.807, 2.05) is 15.7 Å². The van der Waals surface area contributed by atoms with E-state index in [2.05, 4.69) is 42.3 Å². The van der Waals surface area contributed by atoms with E-state index in [0.29, 0.717) is 18.7 Å². The normalized spacial score (nSPS) is 14.7. The van der Waals surface area contributed by atoms with Gasteiger partial charge in [-0.1, -0.05) is 30.3 Å². The molecule has 0 saturated carbocycles. The van der Waals surface area contributed by atoms with Crippen molar-refractivity contribution in [1.82, 2.24) is 19.8 Å². The van der Waals surface area contributed by atoms with Crippen LogP contribution in [-0.2, 0) is 9.59 Å². The number of likely N-dealkylation sites (tertiary alicyclic amines) is 1. The number of benzene rings is 1. The molecule has 0 unspecified atom stereocenters. The summed E-state index contributed by atoms with van der Waals surface area (Å²) in [5.74, 6) is 0.570. The Morgan fingerprint density at radius 3 is 2.97 bits per heavy atom. The van der Waals surface area contributed by atoms with Crippen molar-refractivity contribution in [2.45, 2.75) is 51.1 Å². The summed E-state index contributed by atoms with van der Waals surface area (Å²) < 4.78 is 2.03. The Hall–Kier alpha value is -2.28. The van der Waals surface area contributed by atoms with Crippen LogP contribution < -0.4 is 5.32 Å². The van der Waals surface area contributed by atoms with E-state index < -0.39 is 0 Å². The number of thioether (sulfide) groups is 1. The second-order valence-electron chi connectivity index (χ2n) is 7.55. The number of carbonyl (C=O) groups is 2. The molecule has 0 atom stereocenters. The Morgan fingerprint density at radius 1 is 1.24 bits per heavy atom. The Bertz CT molecular complexity index is 849. The van der Waals surface area contributed by atoms with E-state index in [1.165, 1.54) is 22.9 Å². The summed E-state index contributed by atoms with van der Waals surface area (Å²) in [4.78, 5) is 30.6. The Labute approximate surface area is 177 Å². The van der Waals surface area contributed by atoms with Crippen molar-refractivity contribution < 1.29 is 9.59 Å². The molecule has 3 rings (SSSR count). The number of nitrogens with one attached hydrogen (secondary N) is 1. The van der Waals surface area contributed by atoms with E-state index >= 15 is 0 Å². The van der Waals surface area contributed by atoms with Crippen molar-refractivity contribution in [3.63, 3.8) is 0 Å². The van der Waals surface area contributed by atoms with Gasteiger partial charge in [0.2, 0.25) is 11.8 Å². The van der Waals surface area contributed by atoms with Gasteiger partial charge in [-0.25, -0.2) is 4.98 Å². The molecule has 6 nitrogen and oxygen atoms in total. The SMILES string of the molecule is Cc1ccc(C)c(-n2ccnc2SCC(=O)NCCCN2CCCCCC2=O)c1. The lowest BCUT2D eigenvalue weighted by molar-refractivity contribution is -0.130. The standard InChI is InChI=1S/C22H30N4O2S/c1-17-8-9-18(2)19(15-17)26-14-11-24-22(26)29-16-20(27)23-10-6-13-25-12-5-3-4-7-21(25)28/h8-9,11,14-15H,3-7,10,12-13,16H2,1-2H3,(H,23,27). The molecule has 2 aromatic rings. The van der Waals surface area contributed by atoms with Gasteiger partial charge in [0, 0.05) is 38.4 Å². The maximum atomic E-state index is 12.2. The molecule has 0 spiro atoms. The number of carbonyl (C=O) groups excluding carboxylic acids is 2. The minimum atomic E-state index is -0.00675. The van der Waals surface area contributed by atoms with Crippen LogP contribution >= 0.6 is 11.8 Å². The highest BCUT2D eigenvalue weighted by atomic mass is 32.2. The van der Waals surface area contributed by atoms with Crippen molar-refractivity contribution in [3.05, 3.63) is 41.7 Å². The van der Waals surface area contributed by atoms with Gasteiger partial charge >= 0.3 is 0 Å². The molecular formula is C22H30N4O2S. The van der Waals surface area contributed by atoms with Crippen molar-refractivity contribution in [2.24, 2.45) is 0 Å². The van der Waals surface area contributed by atoms with Crippen LogP contribution in [0.25, 0.3) is 5.69 Å². The zero-order chi connectivity index (χ0) is 20.6. The van der Waals surface area contributed by atoms with Crippen molar-refractivity contribution >= 4 is 23.6 Å². The van der Waals surface area contributed by atoms with Crippen LogP contribution in [0.5, 0.6) is 0 Å². The molecule has 1 N–H and O–H groups in total. The number of rotatable bonds is 8. The number of amides is 2. The molecular weight excluding hydrogens is 384 g/mol. The highest BCUT2D eigenvalue weighted by Gasteiger charge is 2.16. The lowest BCUT2D eigenvalue weighted by Crippen LogP contribution is -2.34. The van der Waals surface area contributed by atoms with Gasteiger partial charge in [-0.2, -0.15) is 0 Å². The van der Waals surface area contributed by atoms with E-state index in [-0.39, 0.29) is 11.8 Å². The minimum Gasteiger partial charge on any atom is -0.355 e. The van der Waals surface area contributed by atoms with Crippen LogP contribution in [0.1, 0.15) is 43.2 Å². The Balaban J connectivity index is 1.44. The predicted molar refractivity (Wildman–Crippen MR) is 116 cm³/mol. The first-order chi connectivity index (χ1) is 14.0. The molecule has 1 fully saturated rings. The van der Waals surface area contributed by atoms with Crippen LogP contribution in [-0.4, -0.2) is 51.7 Å². The maximum absolute atomic E-state index is 12.2. The summed E-state index contributed by atoms with van der Waals surface area (Å²) in [6.07, 6.45) is 8.37. The average Bonchev–Trinajstić information content (AvgIpc) is 3.08. The largest absolute Gasteiger partial charge is 0.355 e. The number of nitrogens with zero attached hydrogens (tertiary/aromatic N) is 3. The number of aryl methyl sites for hydroxylation is 2. The fourth-order valence-electron chi connectivity index (χ4n) is 3.51. The molecule has 2 amide bonds. The summed E-state index contributed by atoms with van der Waals surface area (Å²) in [5, 5.41) is 3.77. The molecule has 0 bridgehead atoms. The zero-order valence-electron chi connectivity index (χ0n) is 17.3. The van der Waals surface area contributed by atoms with E-state index in [0.717, 1.165) is 49.6 Å². The third kappa shape index (κ3) is 6.10.